The van der Waals surface area contributed by atoms with Crippen molar-refractivity contribution in [3.8, 4) is 11.5 Å². The number of halogens is 1. The van der Waals surface area contributed by atoms with E-state index in [-0.39, 0.29) is 16.9 Å². The van der Waals surface area contributed by atoms with Gasteiger partial charge in [0, 0.05) is 23.1 Å². The summed E-state index contributed by atoms with van der Waals surface area (Å²) in [4.78, 5) is 11.9. The zero-order valence-corrected chi connectivity index (χ0v) is 23.7. The van der Waals surface area contributed by atoms with E-state index in [1.165, 1.54) is 5.57 Å². The molecular formula is C28H43ClO3Si. The van der Waals surface area contributed by atoms with Gasteiger partial charge in [-0.3, -0.25) is 0 Å². The Labute approximate surface area is 207 Å². The minimum absolute atomic E-state index is 0.0340. The lowest BCUT2D eigenvalue weighted by Crippen LogP contribution is -2.44. The first kappa shape index (κ1) is 27.7. The highest BCUT2D eigenvalue weighted by Crippen LogP contribution is 2.49. The first-order valence-electron chi connectivity index (χ1n) is 12.3. The molecule has 33 heavy (non-hydrogen) atoms. The van der Waals surface area contributed by atoms with Gasteiger partial charge in [0.15, 0.2) is 0 Å². The van der Waals surface area contributed by atoms with Gasteiger partial charge in [0.1, 0.15) is 11.5 Å². The zero-order valence-electron chi connectivity index (χ0n) is 21.9. The second-order valence-electron chi connectivity index (χ2n) is 11.2. The Morgan fingerprint density at radius 3 is 2.39 bits per heavy atom. The van der Waals surface area contributed by atoms with Crippen LogP contribution in [0.3, 0.4) is 0 Å². The third-order valence-electron chi connectivity index (χ3n) is 7.31. The van der Waals surface area contributed by atoms with Crippen LogP contribution in [0.5, 0.6) is 11.5 Å². The molecule has 0 heterocycles. The SMILES string of the molecule is C=C(C)[C@@H]1CCC(C)=C[C@H]1c1c(OC(=O)Cl)cc(CCCCC)cc1O[Si](C)(C)C(C)(C)C. The first-order valence-corrected chi connectivity index (χ1v) is 15.6. The Balaban J connectivity index is 2.75. The standard InChI is InChI=1S/C28H43ClO3Si/c1-10-11-12-13-21-17-24(31-27(29)30)26(23-16-20(4)14-15-22(23)19(2)3)25(18-21)32-33(8,9)28(5,6)7/h16-18,22-23H,2,10-15H2,1,3-9H3/t22-,23+/m0/s1. The summed E-state index contributed by atoms with van der Waals surface area (Å²) in [5.41, 5.74) is 3.71. The van der Waals surface area contributed by atoms with Gasteiger partial charge in [-0.15, -0.1) is 0 Å². The van der Waals surface area contributed by atoms with Gasteiger partial charge in [0.05, 0.1) is 0 Å². The summed E-state index contributed by atoms with van der Waals surface area (Å²) in [5.74, 6) is 1.66. The predicted octanol–water partition coefficient (Wildman–Crippen LogP) is 9.56. The summed E-state index contributed by atoms with van der Waals surface area (Å²) in [6.45, 7) is 22.0. The fourth-order valence-electron chi connectivity index (χ4n) is 4.30. The lowest BCUT2D eigenvalue weighted by atomic mass is 9.73. The molecule has 0 aromatic heterocycles. The molecule has 1 aromatic rings. The van der Waals surface area contributed by atoms with Gasteiger partial charge in [0.25, 0.3) is 0 Å². The molecule has 0 N–H and O–H groups in total. The molecule has 5 heteroatoms. The maximum Gasteiger partial charge on any atom is 0.409 e. The van der Waals surface area contributed by atoms with Crippen molar-refractivity contribution in [2.45, 2.75) is 104 Å². The summed E-state index contributed by atoms with van der Waals surface area (Å²) < 4.78 is 12.6. The molecule has 184 valence electrons. The quantitative estimate of drug-likeness (QED) is 0.149. The number of carbonyl (C=O) groups is 1. The topological polar surface area (TPSA) is 35.5 Å². The van der Waals surface area contributed by atoms with E-state index in [4.69, 9.17) is 20.8 Å². The van der Waals surface area contributed by atoms with E-state index in [1.807, 2.05) is 6.07 Å². The average molecular weight is 491 g/mol. The molecule has 1 aliphatic carbocycles. The molecule has 0 unspecified atom stereocenters. The van der Waals surface area contributed by atoms with E-state index in [0.717, 1.165) is 61.0 Å². The van der Waals surface area contributed by atoms with Gasteiger partial charge >= 0.3 is 5.43 Å². The van der Waals surface area contributed by atoms with Crippen molar-refractivity contribution in [3.05, 3.63) is 47.1 Å². The number of carbonyl (C=O) groups excluding carboxylic acids is 1. The molecule has 3 nitrogen and oxygen atoms in total. The number of ether oxygens (including phenoxy) is 1. The van der Waals surface area contributed by atoms with Crippen LogP contribution in [0, 0.1) is 5.92 Å². The largest absolute Gasteiger partial charge is 0.543 e. The van der Waals surface area contributed by atoms with Crippen molar-refractivity contribution in [2.24, 2.45) is 5.92 Å². The third-order valence-corrected chi connectivity index (χ3v) is 11.7. The second kappa shape index (κ2) is 11.3. The molecule has 2 atom stereocenters. The van der Waals surface area contributed by atoms with Crippen LogP contribution in [0.1, 0.15) is 90.7 Å². The number of benzene rings is 1. The Morgan fingerprint density at radius 2 is 1.85 bits per heavy atom. The van der Waals surface area contributed by atoms with Gasteiger partial charge < -0.3 is 9.16 Å². The number of hydrogen-bond donors (Lipinski definition) is 0. The Kier molecular flexibility index (Phi) is 9.47. The maximum atomic E-state index is 11.9. The molecule has 1 aliphatic rings. The molecule has 0 radical (unpaired) electrons. The number of allylic oxidation sites excluding steroid dienone is 3. The van der Waals surface area contributed by atoms with Crippen molar-refractivity contribution < 1.29 is 14.0 Å². The molecule has 0 bridgehead atoms. The summed E-state index contributed by atoms with van der Waals surface area (Å²) in [5, 5.41) is 0.0396. The van der Waals surface area contributed by atoms with Crippen LogP contribution >= 0.6 is 11.6 Å². The summed E-state index contributed by atoms with van der Waals surface area (Å²) in [7, 11) is -2.15. The van der Waals surface area contributed by atoms with E-state index in [9.17, 15) is 4.79 Å². The molecular weight excluding hydrogens is 448 g/mol. The fraction of sp³-hybridized carbons (Fsp3) is 0.607. The lowest BCUT2D eigenvalue weighted by Gasteiger charge is -2.39. The Morgan fingerprint density at radius 1 is 1.21 bits per heavy atom. The van der Waals surface area contributed by atoms with Crippen molar-refractivity contribution in [1.29, 1.82) is 0 Å². The molecule has 0 saturated heterocycles. The third kappa shape index (κ3) is 7.23. The van der Waals surface area contributed by atoms with Crippen LogP contribution < -0.4 is 9.16 Å². The van der Waals surface area contributed by atoms with E-state index < -0.39 is 13.7 Å². The minimum Gasteiger partial charge on any atom is -0.543 e. The van der Waals surface area contributed by atoms with E-state index in [1.54, 1.807) is 0 Å². The zero-order chi connectivity index (χ0) is 25.0. The van der Waals surface area contributed by atoms with Crippen molar-refractivity contribution >= 4 is 25.3 Å². The Hall–Kier alpha value is -1.52. The van der Waals surface area contributed by atoms with Crippen molar-refractivity contribution in [1.82, 2.24) is 0 Å². The van der Waals surface area contributed by atoms with Crippen molar-refractivity contribution in [3.63, 3.8) is 0 Å². The van der Waals surface area contributed by atoms with Crippen LogP contribution in [-0.4, -0.2) is 13.7 Å². The first-order chi connectivity index (χ1) is 15.3. The predicted molar refractivity (Wildman–Crippen MR) is 143 cm³/mol. The van der Waals surface area contributed by atoms with Gasteiger partial charge in [-0.25, -0.2) is 4.79 Å². The summed E-state index contributed by atoms with van der Waals surface area (Å²) in [6, 6.07) is 4.18. The van der Waals surface area contributed by atoms with Gasteiger partial charge in [0.2, 0.25) is 8.32 Å². The van der Waals surface area contributed by atoms with Gasteiger partial charge in [-0.1, -0.05) is 64.3 Å². The van der Waals surface area contributed by atoms with E-state index in [2.05, 4.69) is 73.4 Å². The smallest absolute Gasteiger partial charge is 0.409 e. The van der Waals surface area contributed by atoms with Crippen LogP contribution in [-0.2, 0) is 6.42 Å². The molecule has 0 saturated carbocycles. The number of unbranched alkanes of at least 4 members (excludes halogenated alkanes) is 2. The number of hydrogen-bond acceptors (Lipinski definition) is 3. The molecule has 0 aliphatic heterocycles. The number of aryl methyl sites for hydroxylation is 1. The summed E-state index contributed by atoms with van der Waals surface area (Å²) in [6.07, 6.45) is 8.69. The molecule has 0 amide bonds. The number of rotatable bonds is 9. The molecule has 0 fully saturated rings. The van der Waals surface area contributed by atoms with Crippen LogP contribution in [0.15, 0.2) is 35.9 Å². The maximum absolute atomic E-state index is 11.9. The highest BCUT2D eigenvalue weighted by atomic mass is 35.5. The van der Waals surface area contributed by atoms with E-state index in [0.29, 0.717) is 5.75 Å². The van der Waals surface area contributed by atoms with Crippen LogP contribution in [0.2, 0.25) is 18.1 Å². The molecule has 1 aromatic carbocycles. The van der Waals surface area contributed by atoms with Crippen LogP contribution in [0.4, 0.5) is 4.79 Å². The van der Waals surface area contributed by atoms with Gasteiger partial charge in [-0.2, -0.15) is 0 Å². The van der Waals surface area contributed by atoms with Crippen LogP contribution in [0.25, 0.3) is 0 Å². The highest BCUT2D eigenvalue weighted by molar-refractivity contribution is 6.74. The lowest BCUT2D eigenvalue weighted by molar-refractivity contribution is 0.224. The average Bonchev–Trinajstić information content (AvgIpc) is 2.66. The normalized spacial score (nSPS) is 19.1. The molecule has 0 spiro atoms. The van der Waals surface area contributed by atoms with Gasteiger partial charge in [-0.05, 0) is 81.3 Å². The highest BCUT2D eigenvalue weighted by Gasteiger charge is 2.41. The Bertz CT molecular complexity index is 895. The monoisotopic (exact) mass is 490 g/mol. The molecule has 2 rings (SSSR count). The van der Waals surface area contributed by atoms with E-state index >= 15 is 0 Å². The second-order valence-corrected chi connectivity index (χ2v) is 16.2. The van der Waals surface area contributed by atoms with Crippen molar-refractivity contribution in [2.75, 3.05) is 0 Å². The summed E-state index contributed by atoms with van der Waals surface area (Å²) >= 11 is 5.76. The fourth-order valence-corrected chi connectivity index (χ4v) is 5.40. The minimum atomic E-state index is -2.15.